The monoisotopic (exact) mass is 345 g/mol. The summed E-state index contributed by atoms with van der Waals surface area (Å²) in [5.74, 6) is 0. The van der Waals surface area contributed by atoms with Gasteiger partial charge in [0.2, 0.25) is 0 Å². The number of hydrogen-bond acceptors (Lipinski definition) is 15. The standard InChI is InChI=1S/C11H3N15/c1-2-3-4-8(17-24-21-13-4)11(7(3)16-20-12-2)9-5(14-22-25-18-9)6-10(11)19-26-23-15-6/h1H3. The second-order valence-electron chi connectivity index (χ2n) is 5.58. The lowest BCUT2D eigenvalue weighted by Crippen LogP contribution is -2.32. The summed E-state index contributed by atoms with van der Waals surface area (Å²) in [6.45, 7) is 1.78. The van der Waals surface area contributed by atoms with Gasteiger partial charge in [0.1, 0.15) is 39.9 Å². The number of fused-ring (bicyclic) bond motifs is 10. The largest absolute Gasteiger partial charge is 0.154 e. The van der Waals surface area contributed by atoms with Crippen molar-refractivity contribution in [2.24, 2.45) is 0 Å². The molecule has 6 rings (SSSR count). The van der Waals surface area contributed by atoms with E-state index in [9.17, 15) is 0 Å². The molecule has 26 heavy (non-hydrogen) atoms. The van der Waals surface area contributed by atoms with Gasteiger partial charge >= 0.3 is 0 Å². The molecule has 0 atom stereocenters. The van der Waals surface area contributed by atoms with E-state index in [2.05, 4.69) is 77.3 Å². The molecule has 122 valence electrons. The third-order valence-corrected chi connectivity index (χ3v) is 4.48. The highest BCUT2D eigenvalue weighted by Crippen LogP contribution is 2.58. The summed E-state index contributed by atoms with van der Waals surface area (Å²) in [5, 5.41) is 58.7. The SMILES string of the molecule is Cc1nnnc2c1-c1nnnnc1C21c2nnnnc2-c2nnnnc21. The van der Waals surface area contributed by atoms with Gasteiger partial charge < -0.3 is 0 Å². The first-order chi connectivity index (χ1) is 12.8. The Labute approximate surface area is 141 Å². The zero-order chi connectivity index (χ0) is 17.3. The van der Waals surface area contributed by atoms with Crippen LogP contribution in [-0.4, -0.2) is 77.3 Å². The van der Waals surface area contributed by atoms with E-state index >= 15 is 0 Å². The molecule has 2 aliphatic rings. The fraction of sp³-hybridized carbons (Fsp3) is 0.182. The summed E-state index contributed by atoms with van der Waals surface area (Å²) in [5.41, 5.74) is 2.74. The lowest BCUT2D eigenvalue weighted by molar-refractivity contribution is 0.583. The molecule has 0 unspecified atom stereocenters. The van der Waals surface area contributed by atoms with Crippen LogP contribution in [0.2, 0.25) is 0 Å². The Kier molecular flexibility index (Phi) is 2.16. The van der Waals surface area contributed by atoms with E-state index in [-0.39, 0.29) is 0 Å². The van der Waals surface area contributed by atoms with Gasteiger partial charge in [0.25, 0.3) is 0 Å². The van der Waals surface area contributed by atoms with Crippen molar-refractivity contribution in [3.05, 3.63) is 28.5 Å². The van der Waals surface area contributed by atoms with Crippen LogP contribution in [0.25, 0.3) is 22.6 Å². The van der Waals surface area contributed by atoms with Crippen LogP contribution in [0, 0.1) is 6.92 Å². The zero-order valence-electron chi connectivity index (χ0n) is 12.7. The van der Waals surface area contributed by atoms with Crippen molar-refractivity contribution in [3.8, 4) is 22.6 Å². The molecular weight excluding hydrogens is 342 g/mol. The summed E-state index contributed by atoms with van der Waals surface area (Å²) >= 11 is 0. The van der Waals surface area contributed by atoms with E-state index in [1.807, 2.05) is 0 Å². The van der Waals surface area contributed by atoms with Crippen LogP contribution in [0.1, 0.15) is 28.5 Å². The first-order valence-corrected chi connectivity index (χ1v) is 7.24. The van der Waals surface area contributed by atoms with Crippen LogP contribution in [0.15, 0.2) is 0 Å². The van der Waals surface area contributed by atoms with Gasteiger partial charge in [-0.1, -0.05) is 0 Å². The van der Waals surface area contributed by atoms with Crippen LogP contribution in [0.3, 0.4) is 0 Å². The number of nitrogens with zero attached hydrogens (tertiary/aromatic N) is 15. The van der Waals surface area contributed by atoms with Crippen LogP contribution >= 0.6 is 0 Å². The van der Waals surface area contributed by atoms with Crippen LogP contribution in [0.4, 0.5) is 0 Å². The normalized spacial score (nSPS) is 14.7. The van der Waals surface area contributed by atoms with E-state index in [1.165, 1.54) is 0 Å². The van der Waals surface area contributed by atoms with Gasteiger partial charge in [-0.25, -0.2) is 0 Å². The Morgan fingerprint density at radius 1 is 0.462 bits per heavy atom. The third kappa shape index (κ3) is 1.26. The van der Waals surface area contributed by atoms with Crippen LogP contribution in [0.5, 0.6) is 0 Å². The molecular formula is C11H3N15. The number of aromatic nitrogens is 15. The fourth-order valence-corrected chi connectivity index (χ4v) is 3.54. The quantitative estimate of drug-likeness (QED) is 0.275. The van der Waals surface area contributed by atoms with Crippen molar-refractivity contribution < 1.29 is 0 Å². The highest BCUT2D eigenvalue weighted by molar-refractivity contribution is 5.87. The Balaban J connectivity index is 1.89. The van der Waals surface area contributed by atoms with Crippen molar-refractivity contribution in [1.29, 1.82) is 0 Å². The average molecular weight is 345 g/mol. The number of aryl methyl sites for hydroxylation is 1. The van der Waals surface area contributed by atoms with E-state index in [4.69, 9.17) is 0 Å². The highest BCUT2D eigenvalue weighted by Gasteiger charge is 2.61. The smallest absolute Gasteiger partial charge is 0.135 e. The maximum Gasteiger partial charge on any atom is 0.154 e. The molecule has 0 aliphatic heterocycles. The molecule has 0 saturated carbocycles. The molecule has 0 N–H and O–H groups in total. The van der Waals surface area contributed by atoms with E-state index in [0.29, 0.717) is 51.1 Å². The molecule has 0 radical (unpaired) electrons. The minimum Gasteiger partial charge on any atom is -0.135 e. The average Bonchev–Trinajstić information content (AvgIpc) is 3.16. The van der Waals surface area contributed by atoms with Gasteiger partial charge in [-0.05, 0) is 43.4 Å². The zero-order valence-corrected chi connectivity index (χ0v) is 12.7. The lowest BCUT2D eigenvalue weighted by atomic mass is 9.81. The Bertz CT molecular complexity index is 1180. The van der Waals surface area contributed by atoms with Crippen molar-refractivity contribution in [3.63, 3.8) is 0 Å². The fourth-order valence-electron chi connectivity index (χ4n) is 3.54. The van der Waals surface area contributed by atoms with Gasteiger partial charge in [0, 0.05) is 0 Å². The van der Waals surface area contributed by atoms with Crippen molar-refractivity contribution >= 4 is 0 Å². The van der Waals surface area contributed by atoms with Gasteiger partial charge in [-0.15, -0.1) is 40.8 Å². The molecule has 2 aliphatic carbocycles. The van der Waals surface area contributed by atoms with Crippen molar-refractivity contribution in [1.82, 2.24) is 77.3 Å². The summed E-state index contributed by atoms with van der Waals surface area (Å²) < 4.78 is 0. The third-order valence-electron chi connectivity index (χ3n) is 4.48. The molecule has 15 nitrogen and oxygen atoms in total. The summed E-state index contributed by atoms with van der Waals surface area (Å²) in [6, 6.07) is 0. The predicted octanol–water partition coefficient (Wildman–Crippen LogP) is -2.74. The van der Waals surface area contributed by atoms with Gasteiger partial charge in [-0.3, -0.25) is 0 Å². The van der Waals surface area contributed by atoms with Gasteiger partial charge in [0.15, 0.2) is 5.41 Å². The van der Waals surface area contributed by atoms with Gasteiger partial charge in [-0.2, -0.15) is 0 Å². The first kappa shape index (κ1) is 13.2. The molecule has 4 aromatic heterocycles. The second kappa shape index (κ2) is 4.26. The number of hydrogen-bond donors (Lipinski definition) is 0. The van der Waals surface area contributed by atoms with Gasteiger partial charge in [0.05, 0.1) is 11.3 Å². The highest BCUT2D eigenvalue weighted by atomic mass is 15.5. The van der Waals surface area contributed by atoms with Crippen LogP contribution in [-0.2, 0) is 5.41 Å². The Morgan fingerprint density at radius 2 is 0.923 bits per heavy atom. The second-order valence-corrected chi connectivity index (χ2v) is 5.58. The van der Waals surface area contributed by atoms with E-state index in [0.717, 1.165) is 0 Å². The predicted molar refractivity (Wildman–Crippen MR) is 74.4 cm³/mol. The minimum absolute atomic E-state index is 0.353. The molecule has 1 spiro atoms. The Morgan fingerprint density at radius 3 is 1.54 bits per heavy atom. The molecule has 4 heterocycles. The molecule has 0 fully saturated rings. The van der Waals surface area contributed by atoms with Crippen molar-refractivity contribution in [2.45, 2.75) is 12.3 Å². The molecule has 15 heteroatoms. The first-order valence-electron chi connectivity index (χ1n) is 7.24. The summed E-state index contributed by atoms with van der Waals surface area (Å²) in [4.78, 5) is 0. The summed E-state index contributed by atoms with van der Waals surface area (Å²) in [7, 11) is 0. The van der Waals surface area contributed by atoms with E-state index in [1.54, 1.807) is 6.92 Å². The maximum atomic E-state index is 4.24. The summed E-state index contributed by atoms with van der Waals surface area (Å²) in [6.07, 6.45) is 0. The number of rotatable bonds is 0. The van der Waals surface area contributed by atoms with Crippen LogP contribution < -0.4 is 0 Å². The lowest BCUT2D eigenvalue weighted by Gasteiger charge is -2.21. The molecule has 0 aromatic carbocycles. The minimum atomic E-state index is -1.23. The topological polar surface area (TPSA) is 193 Å². The van der Waals surface area contributed by atoms with Crippen molar-refractivity contribution in [2.75, 3.05) is 0 Å². The maximum absolute atomic E-state index is 4.24. The molecule has 0 saturated heterocycles. The molecule has 0 amide bonds. The molecule has 4 aromatic rings. The van der Waals surface area contributed by atoms with E-state index < -0.39 is 5.41 Å². The molecule has 0 bridgehead atoms. The Hall–Kier alpha value is -4.17.